The van der Waals surface area contributed by atoms with Crippen LogP contribution in [0.25, 0.3) is 0 Å². The van der Waals surface area contributed by atoms with Crippen molar-refractivity contribution in [2.24, 2.45) is 0 Å². The lowest BCUT2D eigenvalue weighted by Crippen LogP contribution is -2.49. The minimum Gasteiger partial charge on any atom is -0.455 e. The topological polar surface area (TPSA) is 46.6 Å². The molecule has 1 aliphatic rings. The fourth-order valence-corrected chi connectivity index (χ4v) is 4.09. The molecule has 1 aliphatic heterocycles. The number of ether oxygens (including phenoxy) is 1. The summed E-state index contributed by atoms with van der Waals surface area (Å²) in [5, 5.41) is 0. The van der Waals surface area contributed by atoms with Crippen molar-refractivity contribution < 1.29 is 14.3 Å². The van der Waals surface area contributed by atoms with Crippen LogP contribution in [-0.4, -0.2) is 41.2 Å². The summed E-state index contributed by atoms with van der Waals surface area (Å²) < 4.78 is 5.19. The first-order valence-corrected chi connectivity index (χ1v) is 9.54. The quantitative estimate of drug-likeness (QED) is 0.600. The average Bonchev–Trinajstić information content (AvgIpc) is 2.53. The maximum atomic E-state index is 12.3. The van der Waals surface area contributed by atoms with Crippen LogP contribution in [0.2, 0.25) is 0 Å². The number of piperidine rings is 1. The Bertz CT molecular complexity index is 592. The Balaban J connectivity index is 1.80. The van der Waals surface area contributed by atoms with Gasteiger partial charge in [0, 0.05) is 17.0 Å². The van der Waals surface area contributed by atoms with Crippen molar-refractivity contribution in [3.05, 3.63) is 29.3 Å². The van der Waals surface area contributed by atoms with Gasteiger partial charge >= 0.3 is 5.97 Å². The molecule has 0 unspecified atom stereocenters. The van der Waals surface area contributed by atoms with E-state index in [2.05, 4.69) is 26.0 Å². The molecule has 2 atom stereocenters. The maximum Gasteiger partial charge on any atom is 0.316 e. The minimum atomic E-state index is -0.341. The smallest absolute Gasteiger partial charge is 0.316 e. The predicted molar refractivity (Wildman–Crippen MR) is 97.2 cm³/mol. The summed E-state index contributed by atoms with van der Waals surface area (Å²) >= 11 is 1.46. The van der Waals surface area contributed by atoms with Crippen molar-refractivity contribution in [3.63, 3.8) is 0 Å². The van der Waals surface area contributed by atoms with Crippen LogP contribution in [0.15, 0.2) is 23.1 Å². The molecule has 24 heavy (non-hydrogen) atoms. The van der Waals surface area contributed by atoms with Crippen molar-refractivity contribution in [3.8, 4) is 0 Å². The van der Waals surface area contributed by atoms with Gasteiger partial charge in [-0.15, -0.1) is 11.8 Å². The molecule has 4 nitrogen and oxygen atoms in total. The van der Waals surface area contributed by atoms with E-state index in [9.17, 15) is 9.59 Å². The summed E-state index contributed by atoms with van der Waals surface area (Å²) in [7, 11) is 0. The van der Waals surface area contributed by atoms with Gasteiger partial charge in [0.2, 0.25) is 0 Å². The van der Waals surface area contributed by atoms with Crippen molar-refractivity contribution in [1.82, 2.24) is 4.90 Å². The standard InChI is InChI=1S/C19H27NO3S/c1-13-8-9-14(2)17(10-13)24-12-19(22)23-11-18(21)20-15(3)6-5-7-16(20)4/h8-10,15-16H,5-7,11-12H2,1-4H3/t15-,16-/m0/s1. The highest BCUT2D eigenvalue weighted by molar-refractivity contribution is 8.00. The molecule has 0 aromatic heterocycles. The van der Waals surface area contributed by atoms with Crippen LogP contribution in [0.4, 0.5) is 0 Å². The average molecular weight is 349 g/mol. The zero-order valence-electron chi connectivity index (χ0n) is 15.0. The second-order valence-electron chi connectivity index (χ2n) is 6.65. The van der Waals surface area contributed by atoms with E-state index in [-0.39, 0.29) is 36.3 Å². The third kappa shape index (κ3) is 5.00. The maximum absolute atomic E-state index is 12.3. The normalized spacial score (nSPS) is 20.8. The highest BCUT2D eigenvalue weighted by Gasteiger charge is 2.29. The van der Waals surface area contributed by atoms with E-state index < -0.39 is 0 Å². The molecule has 1 saturated heterocycles. The van der Waals surface area contributed by atoms with E-state index in [4.69, 9.17) is 4.74 Å². The molecule has 1 aromatic rings. The van der Waals surface area contributed by atoms with Crippen LogP contribution in [0.3, 0.4) is 0 Å². The summed E-state index contributed by atoms with van der Waals surface area (Å²) in [6.07, 6.45) is 3.19. The molecule has 1 heterocycles. The highest BCUT2D eigenvalue weighted by atomic mass is 32.2. The van der Waals surface area contributed by atoms with Crippen LogP contribution in [0, 0.1) is 13.8 Å². The molecule has 2 rings (SSSR count). The van der Waals surface area contributed by atoms with E-state index in [0.717, 1.165) is 29.7 Å². The minimum absolute atomic E-state index is 0.0835. The lowest BCUT2D eigenvalue weighted by Gasteiger charge is -2.38. The van der Waals surface area contributed by atoms with Crippen molar-refractivity contribution in [2.75, 3.05) is 12.4 Å². The summed E-state index contributed by atoms with van der Waals surface area (Å²) in [5.41, 5.74) is 2.31. The van der Waals surface area contributed by atoms with Crippen molar-refractivity contribution in [1.29, 1.82) is 0 Å². The van der Waals surface area contributed by atoms with Gasteiger partial charge in [-0.1, -0.05) is 17.7 Å². The summed E-state index contributed by atoms with van der Waals surface area (Å²) in [6.45, 7) is 8.02. The monoisotopic (exact) mass is 349 g/mol. The van der Waals surface area contributed by atoms with Crippen LogP contribution in [0.5, 0.6) is 0 Å². The van der Waals surface area contributed by atoms with E-state index in [0.29, 0.717) is 0 Å². The number of benzene rings is 1. The van der Waals surface area contributed by atoms with Gasteiger partial charge in [-0.2, -0.15) is 0 Å². The summed E-state index contributed by atoms with van der Waals surface area (Å²) in [5.74, 6) is -0.200. The Morgan fingerprint density at radius 3 is 2.54 bits per heavy atom. The van der Waals surface area contributed by atoms with Crippen LogP contribution >= 0.6 is 11.8 Å². The molecule has 0 saturated carbocycles. The first-order chi connectivity index (χ1) is 11.4. The first kappa shape index (κ1) is 18.8. The Morgan fingerprint density at radius 2 is 1.88 bits per heavy atom. The van der Waals surface area contributed by atoms with Crippen LogP contribution < -0.4 is 0 Å². The number of hydrogen-bond acceptors (Lipinski definition) is 4. The lowest BCUT2D eigenvalue weighted by molar-refractivity contribution is -0.153. The van der Waals surface area contributed by atoms with Gasteiger partial charge in [0.25, 0.3) is 5.91 Å². The van der Waals surface area contributed by atoms with E-state index in [1.165, 1.54) is 17.3 Å². The van der Waals surface area contributed by atoms with Gasteiger partial charge in [0.15, 0.2) is 6.61 Å². The third-order valence-corrected chi connectivity index (χ3v) is 5.66. The third-order valence-electron chi connectivity index (χ3n) is 4.53. The van der Waals surface area contributed by atoms with Gasteiger partial charge in [0.1, 0.15) is 0 Å². The van der Waals surface area contributed by atoms with Crippen LogP contribution in [0.1, 0.15) is 44.2 Å². The zero-order chi connectivity index (χ0) is 17.7. The van der Waals surface area contributed by atoms with Crippen molar-refractivity contribution >= 4 is 23.6 Å². The number of nitrogens with zero attached hydrogens (tertiary/aromatic N) is 1. The SMILES string of the molecule is Cc1ccc(C)c(SCC(=O)OCC(=O)N2[C@@H](C)CCC[C@@H]2C)c1. The lowest BCUT2D eigenvalue weighted by atomic mass is 9.97. The molecule has 0 N–H and O–H groups in total. The second-order valence-corrected chi connectivity index (χ2v) is 7.67. The largest absolute Gasteiger partial charge is 0.455 e. The molecule has 0 aliphatic carbocycles. The Labute approximate surface area is 148 Å². The first-order valence-electron chi connectivity index (χ1n) is 8.55. The number of likely N-dealkylation sites (tertiary alicyclic amines) is 1. The van der Waals surface area contributed by atoms with Gasteiger partial charge in [0.05, 0.1) is 5.75 Å². The number of carbonyl (C=O) groups excluding carboxylic acids is 2. The number of amides is 1. The van der Waals surface area contributed by atoms with E-state index in [1.54, 1.807) is 0 Å². The number of esters is 1. The van der Waals surface area contributed by atoms with Gasteiger partial charge < -0.3 is 9.64 Å². The summed E-state index contributed by atoms with van der Waals surface area (Å²) in [6, 6.07) is 6.62. The number of hydrogen-bond donors (Lipinski definition) is 0. The molecule has 5 heteroatoms. The molecular formula is C19H27NO3S. The Hall–Kier alpha value is -1.49. The molecule has 1 amide bonds. The second kappa shape index (κ2) is 8.56. The number of aryl methyl sites for hydroxylation is 2. The predicted octanol–water partition coefficient (Wildman–Crippen LogP) is 3.73. The number of rotatable bonds is 5. The molecule has 0 radical (unpaired) electrons. The van der Waals surface area contributed by atoms with E-state index >= 15 is 0 Å². The molecule has 1 fully saturated rings. The molecule has 1 aromatic carbocycles. The zero-order valence-corrected chi connectivity index (χ0v) is 15.8. The Morgan fingerprint density at radius 1 is 1.21 bits per heavy atom. The van der Waals surface area contributed by atoms with Gasteiger partial charge in [-0.3, -0.25) is 9.59 Å². The fourth-order valence-electron chi connectivity index (χ4n) is 3.17. The molecule has 0 spiro atoms. The van der Waals surface area contributed by atoms with Crippen LogP contribution in [-0.2, 0) is 14.3 Å². The number of thioether (sulfide) groups is 1. The summed E-state index contributed by atoms with van der Waals surface area (Å²) in [4.78, 5) is 27.2. The Kier molecular flexibility index (Phi) is 6.72. The highest BCUT2D eigenvalue weighted by Crippen LogP contribution is 2.24. The molecule has 132 valence electrons. The molecular weight excluding hydrogens is 322 g/mol. The van der Waals surface area contributed by atoms with Crippen molar-refractivity contribution in [2.45, 2.75) is 63.9 Å². The fraction of sp³-hybridized carbons (Fsp3) is 0.579. The van der Waals surface area contributed by atoms with Gasteiger partial charge in [-0.25, -0.2) is 0 Å². The van der Waals surface area contributed by atoms with E-state index in [1.807, 2.05) is 24.8 Å². The number of carbonyl (C=O) groups is 2. The molecule has 0 bridgehead atoms. The van der Waals surface area contributed by atoms with Gasteiger partial charge in [-0.05, 0) is 58.6 Å².